The van der Waals surface area contributed by atoms with Crippen LogP contribution in [0, 0.1) is 10.8 Å². The summed E-state index contributed by atoms with van der Waals surface area (Å²) >= 11 is 0. The number of fused-ring (bicyclic) bond motifs is 1. The molecule has 0 radical (unpaired) electrons. The van der Waals surface area contributed by atoms with E-state index in [9.17, 15) is 19.5 Å². The number of amides is 1. The topological polar surface area (TPSA) is 112 Å². The van der Waals surface area contributed by atoms with Gasteiger partial charge in [-0.15, -0.1) is 0 Å². The van der Waals surface area contributed by atoms with Gasteiger partial charge in [-0.1, -0.05) is 0 Å². The summed E-state index contributed by atoms with van der Waals surface area (Å²) in [7, 11) is 2.96. The quantitative estimate of drug-likeness (QED) is 0.548. The van der Waals surface area contributed by atoms with Gasteiger partial charge in [0.05, 0.1) is 36.7 Å². The van der Waals surface area contributed by atoms with Crippen LogP contribution in [0.2, 0.25) is 0 Å². The first-order chi connectivity index (χ1) is 14.9. The number of aliphatic hydroxyl groups excluding tert-OH is 1. The van der Waals surface area contributed by atoms with E-state index in [1.165, 1.54) is 19.1 Å². The number of nitrogens with zero attached hydrogens (tertiary/aromatic N) is 1. The molecule has 1 N–H and O–H groups in total. The molecule has 4 aliphatic rings. The lowest BCUT2D eigenvalue weighted by Gasteiger charge is -2.51. The van der Waals surface area contributed by atoms with Crippen molar-refractivity contribution in [2.45, 2.75) is 50.7 Å². The van der Waals surface area contributed by atoms with Gasteiger partial charge < -0.3 is 24.1 Å². The fourth-order valence-corrected chi connectivity index (χ4v) is 5.97. The molecule has 4 fully saturated rings. The van der Waals surface area contributed by atoms with Gasteiger partial charge in [-0.2, -0.15) is 0 Å². The zero-order valence-electron chi connectivity index (χ0n) is 17.5. The molecule has 0 bridgehead atoms. The van der Waals surface area contributed by atoms with Crippen LogP contribution in [0.5, 0.6) is 11.5 Å². The van der Waals surface area contributed by atoms with Crippen LogP contribution in [-0.4, -0.2) is 67.1 Å². The lowest BCUT2D eigenvalue weighted by molar-refractivity contribution is -0.269. The smallest absolute Gasteiger partial charge is 0.313 e. The molecule has 1 saturated carbocycles. The first-order valence-corrected chi connectivity index (χ1v) is 10.4. The van der Waals surface area contributed by atoms with Gasteiger partial charge in [-0.05, 0) is 31.0 Å². The first kappa shape index (κ1) is 20.3. The Kier molecular flexibility index (Phi) is 4.53. The molecule has 9 nitrogen and oxygen atoms in total. The Labute approximate surface area is 179 Å². The van der Waals surface area contributed by atoms with Crippen molar-refractivity contribution in [1.82, 2.24) is 4.90 Å². The Hall–Kier alpha value is -2.65. The molecule has 3 saturated heterocycles. The Balaban J connectivity index is 1.55. The van der Waals surface area contributed by atoms with Crippen LogP contribution >= 0.6 is 0 Å². The number of benzene rings is 1. The number of Topliss-reactive ketones (excluding diaryl/α,β-unsaturated/α-hetero) is 1. The maximum absolute atomic E-state index is 13.5. The molecule has 0 unspecified atom stereocenters. The summed E-state index contributed by atoms with van der Waals surface area (Å²) in [6.45, 7) is -0.0866. The minimum Gasteiger partial charge on any atom is -0.497 e. The normalized spacial score (nSPS) is 36.0. The molecule has 1 amide bonds. The molecule has 3 heterocycles. The van der Waals surface area contributed by atoms with Gasteiger partial charge in [0.2, 0.25) is 5.91 Å². The summed E-state index contributed by atoms with van der Waals surface area (Å²) < 4.78 is 22.2. The van der Waals surface area contributed by atoms with E-state index in [-0.39, 0.29) is 36.7 Å². The molecule has 1 aromatic carbocycles. The van der Waals surface area contributed by atoms with Gasteiger partial charge in [0, 0.05) is 19.3 Å². The van der Waals surface area contributed by atoms with Crippen LogP contribution in [0.15, 0.2) is 18.2 Å². The zero-order valence-corrected chi connectivity index (χ0v) is 17.5. The predicted molar refractivity (Wildman–Crippen MR) is 104 cm³/mol. The van der Waals surface area contributed by atoms with Crippen LogP contribution in [0.1, 0.15) is 42.5 Å². The molecule has 9 heteroatoms. The number of methoxy groups -OCH3 is 2. The molecule has 3 aliphatic heterocycles. The van der Waals surface area contributed by atoms with Crippen molar-refractivity contribution < 1.29 is 38.4 Å². The largest absolute Gasteiger partial charge is 0.497 e. The Bertz CT molecular complexity index is 963. The summed E-state index contributed by atoms with van der Waals surface area (Å²) in [5, 5.41) is 11.4. The average molecular weight is 431 g/mol. The second-order valence-corrected chi connectivity index (χ2v) is 8.70. The highest BCUT2D eigenvalue weighted by Crippen LogP contribution is 2.65. The number of rotatable bonds is 5. The number of esters is 1. The number of ketones is 1. The maximum Gasteiger partial charge on any atom is 0.313 e. The fraction of sp³-hybridized carbons (Fsp3) is 0.591. The molecular weight excluding hydrogens is 406 g/mol. The minimum atomic E-state index is -1.28. The van der Waals surface area contributed by atoms with Gasteiger partial charge in [0.25, 0.3) is 0 Å². The maximum atomic E-state index is 13.5. The van der Waals surface area contributed by atoms with E-state index in [4.69, 9.17) is 18.9 Å². The van der Waals surface area contributed by atoms with E-state index >= 15 is 0 Å². The standard InChI is InChI=1S/C22H25NO8/c1-28-12-3-4-15(29-2)13(9-12)14(24)10-21-8-7-16-22(21,11-30-20(21)27)19(26)23-17(25)5-6-18(23)31-16/h3-4,9,16,18-19,26H,5-8,10-11H2,1-2H3/t16-,18+,19-,21-,22+/m0/s1. The molecule has 166 valence electrons. The number of aliphatic hydroxyl groups is 1. The predicted octanol–water partition coefficient (Wildman–Crippen LogP) is 1.27. The van der Waals surface area contributed by atoms with E-state index < -0.39 is 35.4 Å². The van der Waals surface area contributed by atoms with Crippen molar-refractivity contribution in [1.29, 1.82) is 0 Å². The van der Waals surface area contributed by atoms with E-state index in [1.54, 1.807) is 18.2 Å². The molecule has 31 heavy (non-hydrogen) atoms. The van der Waals surface area contributed by atoms with E-state index in [0.717, 1.165) is 0 Å². The number of ether oxygens (including phenoxy) is 4. The number of carbonyl (C=O) groups is 3. The van der Waals surface area contributed by atoms with E-state index in [2.05, 4.69) is 0 Å². The molecular formula is C22H25NO8. The van der Waals surface area contributed by atoms with Crippen molar-refractivity contribution in [3.8, 4) is 11.5 Å². The summed E-state index contributed by atoms with van der Waals surface area (Å²) in [5.41, 5.74) is -2.17. The van der Waals surface area contributed by atoms with Crippen molar-refractivity contribution in [2.24, 2.45) is 10.8 Å². The summed E-state index contributed by atoms with van der Waals surface area (Å²) in [6.07, 6.45) is -0.775. The molecule has 0 aromatic heterocycles. The van der Waals surface area contributed by atoms with Gasteiger partial charge in [0.1, 0.15) is 30.6 Å². The first-order valence-electron chi connectivity index (χ1n) is 10.4. The minimum absolute atomic E-state index is 0.0866. The lowest BCUT2D eigenvalue weighted by Crippen LogP contribution is -2.66. The molecule has 5 rings (SSSR count). The summed E-state index contributed by atoms with van der Waals surface area (Å²) in [6, 6.07) is 4.89. The van der Waals surface area contributed by atoms with Crippen LogP contribution < -0.4 is 9.47 Å². The summed E-state index contributed by atoms with van der Waals surface area (Å²) in [4.78, 5) is 40.3. The summed E-state index contributed by atoms with van der Waals surface area (Å²) in [5.74, 6) is -0.213. The Morgan fingerprint density at radius 2 is 2.06 bits per heavy atom. The number of carbonyl (C=O) groups excluding carboxylic acids is 3. The van der Waals surface area contributed by atoms with Gasteiger partial charge in [0.15, 0.2) is 5.78 Å². The molecule has 1 spiro atoms. The fourth-order valence-electron chi connectivity index (χ4n) is 5.97. The second kappa shape index (κ2) is 6.93. The highest BCUT2D eigenvalue weighted by molar-refractivity contribution is 6.02. The Morgan fingerprint density at radius 3 is 2.81 bits per heavy atom. The van der Waals surface area contributed by atoms with Crippen molar-refractivity contribution in [2.75, 3.05) is 20.8 Å². The van der Waals surface area contributed by atoms with Gasteiger partial charge in [-0.25, -0.2) is 0 Å². The highest BCUT2D eigenvalue weighted by Gasteiger charge is 2.76. The van der Waals surface area contributed by atoms with Crippen LogP contribution in [-0.2, 0) is 19.1 Å². The van der Waals surface area contributed by atoms with Gasteiger partial charge >= 0.3 is 5.97 Å². The number of hydrogen-bond donors (Lipinski definition) is 1. The molecule has 1 aliphatic carbocycles. The monoisotopic (exact) mass is 431 g/mol. The average Bonchev–Trinajstić information content (AvgIpc) is 3.39. The lowest BCUT2D eigenvalue weighted by atomic mass is 9.62. The zero-order chi connectivity index (χ0) is 22.0. The van der Waals surface area contributed by atoms with Crippen molar-refractivity contribution in [3.63, 3.8) is 0 Å². The van der Waals surface area contributed by atoms with Gasteiger partial charge in [-0.3, -0.25) is 19.3 Å². The molecule has 1 aromatic rings. The van der Waals surface area contributed by atoms with E-state index in [1.807, 2.05) is 0 Å². The SMILES string of the molecule is COc1ccc(OC)c(C(=O)C[C@]23CC[C@@H]4O[C@@H]5CCC(=O)N5[C@@H](O)[C@@]42COC3=O)c1. The van der Waals surface area contributed by atoms with Crippen LogP contribution in [0.25, 0.3) is 0 Å². The second-order valence-electron chi connectivity index (χ2n) is 8.70. The molecule has 5 atom stereocenters. The number of cyclic esters (lactones) is 1. The Morgan fingerprint density at radius 1 is 1.26 bits per heavy atom. The van der Waals surface area contributed by atoms with Crippen molar-refractivity contribution >= 4 is 17.7 Å². The van der Waals surface area contributed by atoms with E-state index in [0.29, 0.717) is 30.8 Å². The van der Waals surface area contributed by atoms with Crippen LogP contribution in [0.4, 0.5) is 0 Å². The highest BCUT2D eigenvalue weighted by atomic mass is 16.6. The third-order valence-electron chi connectivity index (χ3n) is 7.55. The third-order valence-corrected chi connectivity index (χ3v) is 7.55. The third kappa shape index (κ3) is 2.53. The number of hydrogen-bond acceptors (Lipinski definition) is 8. The van der Waals surface area contributed by atoms with Crippen LogP contribution in [0.3, 0.4) is 0 Å². The van der Waals surface area contributed by atoms with Crippen molar-refractivity contribution in [3.05, 3.63) is 23.8 Å².